The SMILES string of the molecule is CC(CN)N(C)c1nccs1. The molecule has 0 aliphatic heterocycles. The molecule has 0 saturated carbocycles. The van der Waals surface area contributed by atoms with Gasteiger partial charge in [-0.1, -0.05) is 0 Å². The van der Waals surface area contributed by atoms with E-state index in [1.54, 1.807) is 17.5 Å². The summed E-state index contributed by atoms with van der Waals surface area (Å²) in [5.74, 6) is 0. The maximum absolute atomic E-state index is 5.51. The molecule has 1 rings (SSSR count). The summed E-state index contributed by atoms with van der Waals surface area (Å²) >= 11 is 1.63. The van der Waals surface area contributed by atoms with Crippen LogP contribution in [0.5, 0.6) is 0 Å². The van der Waals surface area contributed by atoms with Crippen LogP contribution in [0.15, 0.2) is 11.6 Å². The van der Waals surface area contributed by atoms with E-state index in [9.17, 15) is 0 Å². The molecule has 3 nitrogen and oxygen atoms in total. The van der Waals surface area contributed by atoms with E-state index in [2.05, 4.69) is 16.8 Å². The lowest BCUT2D eigenvalue weighted by molar-refractivity contribution is 0.693. The van der Waals surface area contributed by atoms with Gasteiger partial charge in [-0.2, -0.15) is 0 Å². The van der Waals surface area contributed by atoms with Crippen LogP contribution in [0.1, 0.15) is 6.92 Å². The summed E-state index contributed by atoms with van der Waals surface area (Å²) in [5.41, 5.74) is 5.51. The molecular weight excluding hydrogens is 158 g/mol. The normalized spacial score (nSPS) is 13.0. The van der Waals surface area contributed by atoms with E-state index in [0.29, 0.717) is 12.6 Å². The van der Waals surface area contributed by atoms with Crippen LogP contribution >= 0.6 is 11.3 Å². The summed E-state index contributed by atoms with van der Waals surface area (Å²) in [6.07, 6.45) is 1.81. The van der Waals surface area contributed by atoms with Gasteiger partial charge in [0.25, 0.3) is 0 Å². The van der Waals surface area contributed by atoms with Gasteiger partial charge in [-0.25, -0.2) is 4.98 Å². The molecule has 0 aliphatic carbocycles. The Morgan fingerprint density at radius 3 is 3.00 bits per heavy atom. The fourth-order valence-corrected chi connectivity index (χ4v) is 1.45. The molecular formula is C7H13N3S. The van der Waals surface area contributed by atoms with Crippen molar-refractivity contribution in [3.63, 3.8) is 0 Å². The fraction of sp³-hybridized carbons (Fsp3) is 0.571. The van der Waals surface area contributed by atoms with Crippen LogP contribution in [0.2, 0.25) is 0 Å². The molecule has 1 aromatic heterocycles. The first-order valence-electron chi connectivity index (χ1n) is 3.58. The van der Waals surface area contributed by atoms with Gasteiger partial charge in [0, 0.05) is 31.2 Å². The lowest BCUT2D eigenvalue weighted by Gasteiger charge is -2.22. The standard InChI is InChI=1S/C7H13N3S/c1-6(5-8)10(2)7-9-3-4-11-7/h3-4,6H,5,8H2,1-2H3. The van der Waals surface area contributed by atoms with Gasteiger partial charge in [0.1, 0.15) is 0 Å². The highest BCUT2D eigenvalue weighted by Crippen LogP contribution is 2.16. The minimum Gasteiger partial charge on any atom is -0.347 e. The third-order valence-corrected chi connectivity index (χ3v) is 2.59. The average Bonchev–Trinajstić information content (AvgIpc) is 2.53. The van der Waals surface area contributed by atoms with Crippen molar-refractivity contribution in [2.24, 2.45) is 5.73 Å². The number of hydrogen-bond acceptors (Lipinski definition) is 4. The summed E-state index contributed by atoms with van der Waals surface area (Å²) in [4.78, 5) is 6.26. The van der Waals surface area contributed by atoms with Crippen LogP contribution in [0.3, 0.4) is 0 Å². The van der Waals surface area contributed by atoms with Crippen molar-refractivity contribution < 1.29 is 0 Å². The van der Waals surface area contributed by atoms with Crippen molar-refractivity contribution in [1.29, 1.82) is 0 Å². The summed E-state index contributed by atoms with van der Waals surface area (Å²) < 4.78 is 0. The van der Waals surface area contributed by atoms with E-state index in [4.69, 9.17) is 5.73 Å². The molecule has 0 fully saturated rings. The van der Waals surface area contributed by atoms with E-state index in [0.717, 1.165) is 5.13 Å². The lowest BCUT2D eigenvalue weighted by Crippen LogP contribution is -2.35. The van der Waals surface area contributed by atoms with Crippen molar-refractivity contribution in [1.82, 2.24) is 4.98 Å². The van der Waals surface area contributed by atoms with Gasteiger partial charge in [-0.3, -0.25) is 0 Å². The van der Waals surface area contributed by atoms with Crippen LogP contribution in [-0.2, 0) is 0 Å². The van der Waals surface area contributed by atoms with Crippen LogP contribution < -0.4 is 10.6 Å². The van der Waals surface area contributed by atoms with Gasteiger partial charge in [-0.15, -0.1) is 11.3 Å². The first-order chi connectivity index (χ1) is 5.25. The van der Waals surface area contributed by atoms with Crippen molar-refractivity contribution >= 4 is 16.5 Å². The molecule has 0 spiro atoms. The Balaban J connectivity index is 2.62. The van der Waals surface area contributed by atoms with Crippen LogP contribution in [0.25, 0.3) is 0 Å². The third kappa shape index (κ3) is 1.91. The predicted octanol–water partition coefficient (Wildman–Crippen LogP) is 0.926. The summed E-state index contributed by atoms with van der Waals surface area (Å²) in [7, 11) is 2.01. The summed E-state index contributed by atoms with van der Waals surface area (Å²) in [6.45, 7) is 2.75. The lowest BCUT2D eigenvalue weighted by atomic mass is 10.3. The van der Waals surface area contributed by atoms with Crippen molar-refractivity contribution in [2.45, 2.75) is 13.0 Å². The molecule has 2 N–H and O–H groups in total. The van der Waals surface area contributed by atoms with E-state index in [1.807, 2.05) is 12.4 Å². The highest BCUT2D eigenvalue weighted by molar-refractivity contribution is 7.13. The Hall–Kier alpha value is -0.610. The Morgan fingerprint density at radius 1 is 1.82 bits per heavy atom. The van der Waals surface area contributed by atoms with Gasteiger partial charge in [0.15, 0.2) is 5.13 Å². The molecule has 0 aliphatic rings. The predicted molar refractivity (Wildman–Crippen MR) is 49.0 cm³/mol. The zero-order valence-corrected chi connectivity index (χ0v) is 7.64. The molecule has 1 unspecified atom stereocenters. The van der Waals surface area contributed by atoms with Crippen LogP contribution in [0, 0.1) is 0 Å². The van der Waals surface area contributed by atoms with Gasteiger partial charge in [0.2, 0.25) is 0 Å². The Kier molecular flexibility index (Phi) is 2.84. The molecule has 1 aromatic rings. The minimum absolute atomic E-state index is 0.362. The fourth-order valence-electron chi connectivity index (χ4n) is 0.737. The number of hydrogen-bond donors (Lipinski definition) is 1. The number of likely N-dealkylation sites (N-methyl/N-ethyl adjacent to an activating group) is 1. The average molecular weight is 171 g/mol. The number of rotatable bonds is 3. The first-order valence-corrected chi connectivity index (χ1v) is 4.46. The number of thiazole rings is 1. The smallest absolute Gasteiger partial charge is 0.185 e. The number of nitrogens with two attached hydrogens (primary N) is 1. The van der Waals surface area contributed by atoms with E-state index >= 15 is 0 Å². The monoisotopic (exact) mass is 171 g/mol. The second-order valence-corrected chi connectivity index (χ2v) is 3.38. The molecule has 4 heteroatoms. The molecule has 0 bridgehead atoms. The largest absolute Gasteiger partial charge is 0.347 e. The van der Waals surface area contributed by atoms with Crippen LogP contribution in [-0.4, -0.2) is 24.6 Å². The minimum atomic E-state index is 0.362. The Bertz CT molecular complexity index is 197. The maximum atomic E-state index is 5.51. The summed E-state index contributed by atoms with van der Waals surface area (Å²) in [6, 6.07) is 0.362. The van der Waals surface area contributed by atoms with Crippen molar-refractivity contribution in [2.75, 3.05) is 18.5 Å². The van der Waals surface area contributed by atoms with Crippen LogP contribution in [0.4, 0.5) is 5.13 Å². The highest BCUT2D eigenvalue weighted by Gasteiger charge is 2.08. The van der Waals surface area contributed by atoms with Gasteiger partial charge >= 0.3 is 0 Å². The second-order valence-electron chi connectivity index (χ2n) is 2.51. The first kappa shape index (κ1) is 8.49. The topological polar surface area (TPSA) is 42.1 Å². The van der Waals surface area contributed by atoms with Gasteiger partial charge in [0.05, 0.1) is 0 Å². The number of anilines is 1. The van der Waals surface area contributed by atoms with Crippen molar-refractivity contribution in [3.8, 4) is 0 Å². The van der Waals surface area contributed by atoms with Gasteiger partial charge in [-0.05, 0) is 6.92 Å². The molecule has 1 atom stereocenters. The number of aromatic nitrogens is 1. The zero-order valence-electron chi connectivity index (χ0n) is 6.82. The summed E-state index contributed by atoms with van der Waals surface area (Å²) in [5, 5.41) is 3.00. The number of nitrogens with zero attached hydrogens (tertiary/aromatic N) is 2. The third-order valence-electron chi connectivity index (χ3n) is 1.72. The highest BCUT2D eigenvalue weighted by atomic mass is 32.1. The van der Waals surface area contributed by atoms with E-state index in [-0.39, 0.29) is 0 Å². The molecule has 62 valence electrons. The second kappa shape index (κ2) is 3.69. The quantitative estimate of drug-likeness (QED) is 0.735. The molecule has 1 heterocycles. The van der Waals surface area contributed by atoms with E-state index in [1.165, 1.54) is 0 Å². The molecule has 11 heavy (non-hydrogen) atoms. The van der Waals surface area contributed by atoms with E-state index < -0.39 is 0 Å². The Morgan fingerprint density at radius 2 is 2.55 bits per heavy atom. The van der Waals surface area contributed by atoms with Gasteiger partial charge < -0.3 is 10.6 Å². The molecule has 0 saturated heterocycles. The maximum Gasteiger partial charge on any atom is 0.185 e. The molecule has 0 radical (unpaired) electrons. The zero-order chi connectivity index (χ0) is 8.27. The van der Waals surface area contributed by atoms with Crippen molar-refractivity contribution in [3.05, 3.63) is 11.6 Å². The molecule has 0 amide bonds. The molecule has 0 aromatic carbocycles. The Labute approximate surface area is 70.9 Å².